The molecule has 1 heterocycles. The number of anilines is 1. The molecule has 2 aromatic rings. The second-order valence-electron chi connectivity index (χ2n) is 3.56. The van der Waals surface area contributed by atoms with Crippen molar-refractivity contribution in [2.75, 3.05) is 5.32 Å². The molecule has 84 valence electrons. The summed E-state index contributed by atoms with van der Waals surface area (Å²) < 4.78 is 0.965. The Bertz CT molecular complexity index is 521. The SMILES string of the molecule is CCCC(=O)Nc1n[nH]c2ccc(Br)cc12. The number of carbonyl (C=O) groups excluding carboxylic acids is 1. The lowest BCUT2D eigenvalue weighted by molar-refractivity contribution is -0.116. The summed E-state index contributed by atoms with van der Waals surface area (Å²) in [6.07, 6.45) is 1.35. The van der Waals surface area contributed by atoms with Crippen LogP contribution in [0.3, 0.4) is 0 Å². The molecule has 1 aromatic carbocycles. The predicted octanol–water partition coefficient (Wildman–Crippen LogP) is 3.06. The van der Waals surface area contributed by atoms with E-state index in [-0.39, 0.29) is 5.91 Å². The summed E-state index contributed by atoms with van der Waals surface area (Å²) in [5.41, 5.74) is 0.912. The molecule has 0 unspecified atom stereocenters. The molecule has 0 aliphatic carbocycles. The first-order valence-corrected chi connectivity index (χ1v) is 5.93. The Balaban J connectivity index is 2.30. The zero-order chi connectivity index (χ0) is 11.5. The number of amides is 1. The second-order valence-corrected chi connectivity index (χ2v) is 4.48. The normalized spacial score (nSPS) is 10.6. The third-order valence-corrected chi connectivity index (χ3v) is 2.75. The summed E-state index contributed by atoms with van der Waals surface area (Å²) in [5, 5.41) is 10.7. The van der Waals surface area contributed by atoms with Crippen LogP contribution in [0.25, 0.3) is 10.9 Å². The molecule has 1 amide bonds. The van der Waals surface area contributed by atoms with Crippen LogP contribution in [0.15, 0.2) is 22.7 Å². The number of fused-ring (bicyclic) bond motifs is 1. The number of H-pyrrole nitrogens is 1. The Morgan fingerprint density at radius 2 is 2.38 bits per heavy atom. The molecule has 0 bridgehead atoms. The third kappa shape index (κ3) is 2.24. The van der Waals surface area contributed by atoms with Crippen LogP contribution in [-0.4, -0.2) is 16.1 Å². The van der Waals surface area contributed by atoms with Gasteiger partial charge in [0, 0.05) is 16.3 Å². The van der Waals surface area contributed by atoms with Gasteiger partial charge in [0.1, 0.15) is 0 Å². The highest BCUT2D eigenvalue weighted by Gasteiger charge is 2.08. The molecule has 0 fully saturated rings. The summed E-state index contributed by atoms with van der Waals surface area (Å²) >= 11 is 3.39. The van der Waals surface area contributed by atoms with E-state index < -0.39 is 0 Å². The number of nitrogens with zero attached hydrogens (tertiary/aromatic N) is 1. The Kier molecular flexibility index (Phi) is 3.24. The number of aromatic nitrogens is 2. The molecular weight excluding hydrogens is 270 g/mol. The Hall–Kier alpha value is -1.36. The fraction of sp³-hybridized carbons (Fsp3) is 0.273. The van der Waals surface area contributed by atoms with Gasteiger partial charge >= 0.3 is 0 Å². The van der Waals surface area contributed by atoms with Crippen molar-refractivity contribution < 1.29 is 4.79 Å². The van der Waals surface area contributed by atoms with Gasteiger partial charge in [0.15, 0.2) is 5.82 Å². The van der Waals surface area contributed by atoms with Crippen LogP contribution in [0, 0.1) is 0 Å². The summed E-state index contributed by atoms with van der Waals surface area (Å²) in [7, 11) is 0. The maximum atomic E-state index is 11.5. The highest BCUT2D eigenvalue weighted by Crippen LogP contribution is 2.24. The minimum absolute atomic E-state index is 0.00382. The molecule has 4 nitrogen and oxygen atoms in total. The number of nitrogens with one attached hydrogen (secondary N) is 2. The van der Waals surface area contributed by atoms with Gasteiger partial charge in [0.25, 0.3) is 0 Å². The van der Waals surface area contributed by atoms with E-state index in [1.54, 1.807) is 0 Å². The first-order chi connectivity index (χ1) is 7.70. The first kappa shape index (κ1) is 11.1. The Morgan fingerprint density at radius 1 is 1.56 bits per heavy atom. The number of halogens is 1. The van der Waals surface area contributed by atoms with E-state index in [0.29, 0.717) is 12.2 Å². The highest BCUT2D eigenvalue weighted by molar-refractivity contribution is 9.10. The monoisotopic (exact) mass is 281 g/mol. The molecule has 2 N–H and O–H groups in total. The van der Waals surface area contributed by atoms with E-state index in [4.69, 9.17) is 0 Å². The molecule has 16 heavy (non-hydrogen) atoms. The molecule has 5 heteroatoms. The van der Waals surface area contributed by atoms with Gasteiger partial charge in [-0.15, -0.1) is 0 Å². The van der Waals surface area contributed by atoms with Crippen molar-refractivity contribution in [1.82, 2.24) is 10.2 Å². The summed E-state index contributed by atoms with van der Waals surface area (Å²) in [6, 6.07) is 5.78. The average Bonchev–Trinajstić information content (AvgIpc) is 2.61. The van der Waals surface area contributed by atoms with Crippen LogP contribution >= 0.6 is 15.9 Å². The number of hydrogen-bond donors (Lipinski definition) is 2. The second kappa shape index (κ2) is 4.65. The van der Waals surface area contributed by atoms with Crippen LogP contribution < -0.4 is 5.32 Å². The minimum atomic E-state index is -0.00382. The van der Waals surface area contributed by atoms with Crippen molar-refractivity contribution in [1.29, 1.82) is 0 Å². The van der Waals surface area contributed by atoms with Crippen molar-refractivity contribution in [2.24, 2.45) is 0 Å². The van der Waals surface area contributed by atoms with Gasteiger partial charge in [-0.1, -0.05) is 22.9 Å². The van der Waals surface area contributed by atoms with Gasteiger partial charge in [-0.25, -0.2) is 0 Å². The van der Waals surface area contributed by atoms with Crippen molar-refractivity contribution in [3.63, 3.8) is 0 Å². The molecule has 0 saturated heterocycles. The summed E-state index contributed by atoms with van der Waals surface area (Å²) in [4.78, 5) is 11.5. The predicted molar refractivity (Wildman–Crippen MR) is 67.3 cm³/mol. The van der Waals surface area contributed by atoms with Crippen LogP contribution in [-0.2, 0) is 4.79 Å². The van der Waals surface area contributed by atoms with Gasteiger partial charge in [-0.2, -0.15) is 5.10 Å². The summed E-state index contributed by atoms with van der Waals surface area (Å²) in [6.45, 7) is 1.97. The number of carbonyl (C=O) groups is 1. The fourth-order valence-electron chi connectivity index (χ4n) is 1.50. The molecule has 1 aromatic heterocycles. The highest BCUT2D eigenvalue weighted by atomic mass is 79.9. The summed E-state index contributed by atoms with van der Waals surface area (Å²) in [5.74, 6) is 0.589. The van der Waals surface area contributed by atoms with E-state index in [9.17, 15) is 4.79 Å². The number of benzene rings is 1. The van der Waals surface area contributed by atoms with Gasteiger partial charge < -0.3 is 5.32 Å². The molecule has 0 aliphatic heterocycles. The number of aromatic amines is 1. The van der Waals surface area contributed by atoms with E-state index in [0.717, 1.165) is 21.8 Å². The topological polar surface area (TPSA) is 57.8 Å². The lowest BCUT2D eigenvalue weighted by Gasteiger charge is -2.00. The maximum Gasteiger partial charge on any atom is 0.225 e. The third-order valence-electron chi connectivity index (χ3n) is 2.26. The average molecular weight is 282 g/mol. The molecule has 2 rings (SSSR count). The molecular formula is C11H12BrN3O. The quantitative estimate of drug-likeness (QED) is 0.909. The van der Waals surface area contributed by atoms with Crippen LogP contribution in [0.1, 0.15) is 19.8 Å². The molecule has 0 spiro atoms. The van der Waals surface area contributed by atoms with Gasteiger partial charge in [0.2, 0.25) is 5.91 Å². The zero-order valence-electron chi connectivity index (χ0n) is 8.88. The smallest absolute Gasteiger partial charge is 0.225 e. The van der Waals surface area contributed by atoms with Crippen molar-refractivity contribution >= 4 is 38.6 Å². The lowest BCUT2D eigenvalue weighted by atomic mass is 10.2. The molecule has 0 saturated carbocycles. The van der Waals surface area contributed by atoms with Crippen molar-refractivity contribution in [3.05, 3.63) is 22.7 Å². The molecule has 0 radical (unpaired) electrons. The fourth-order valence-corrected chi connectivity index (χ4v) is 1.86. The van der Waals surface area contributed by atoms with E-state index in [1.165, 1.54) is 0 Å². The number of rotatable bonds is 3. The van der Waals surface area contributed by atoms with E-state index >= 15 is 0 Å². The maximum absolute atomic E-state index is 11.5. The lowest BCUT2D eigenvalue weighted by Crippen LogP contribution is -2.10. The molecule has 0 atom stereocenters. The zero-order valence-corrected chi connectivity index (χ0v) is 10.5. The number of hydrogen-bond acceptors (Lipinski definition) is 2. The largest absolute Gasteiger partial charge is 0.309 e. The van der Waals surface area contributed by atoms with Gasteiger partial charge in [-0.05, 0) is 24.6 Å². The Morgan fingerprint density at radius 3 is 3.12 bits per heavy atom. The minimum Gasteiger partial charge on any atom is -0.309 e. The van der Waals surface area contributed by atoms with Crippen LogP contribution in [0.2, 0.25) is 0 Å². The van der Waals surface area contributed by atoms with Crippen LogP contribution in [0.5, 0.6) is 0 Å². The molecule has 0 aliphatic rings. The standard InChI is InChI=1S/C11H12BrN3O/c1-2-3-10(16)13-11-8-6-7(12)4-5-9(8)14-15-11/h4-6H,2-3H2,1H3,(H2,13,14,15,16). The van der Waals surface area contributed by atoms with E-state index in [1.807, 2.05) is 25.1 Å². The van der Waals surface area contributed by atoms with Gasteiger partial charge in [0.05, 0.1) is 5.52 Å². The van der Waals surface area contributed by atoms with E-state index in [2.05, 4.69) is 31.4 Å². The van der Waals surface area contributed by atoms with Crippen LogP contribution in [0.4, 0.5) is 5.82 Å². The van der Waals surface area contributed by atoms with Gasteiger partial charge in [-0.3, -0.25) is 9.89 Å². The van der Waals surface area contributed by atoms with Crippen molar-refractivity contribution in [2.45, 2.75) is 19.8 Å². The first-order valence-electron chi connectivity index (χ1n) is 5.14. The van der Waals surface area contributed by atoms with Crippen molar-refractivity contribution in [3.8, 4) is 0 Å². The Labute approximate surface area is 102 Å².